The summed E-state index contributed by atoms with van der Waals surface area (Å²) in [6.07, 6.45) is 0. The van der Waals surface area contributed by atoms with Gasteiger partial charge in [0.15, 0.2) is 0 Å². The Balaban J connectivity index is 2.29. The Kier molecular flexibility index (Phi) is 5.98. The summed E-state index contributed by atoms with van der Waals surface area (Å²) in [5.41, 5.74) is 8.75. The first-order chi connectivity index (χ1) is 10.6. The molecular formula is C17H19BrN2O2. The van der Waals surface area contributed by atoms with Crippen LogP contribution in [0.4, 0.5) is 5.69 Å². The smallest absolute Gasteiger partial charge is 0.319 e. The molecule has 1 atom stereocenters. The molecule has 0 amide bonds. The maximum atomic E-state index is 11.6. The number of rotatable bonds is 6. The van der Waals surface area contributed by atoms with Gasteiger partial charge in [0.2, 0.25) is 0 Å². The van der Waals surface area contributed by atoms with Gasteiger partial charge in [-0.05, 0) is 36.2 Å². The molecule has 1 unspecified atom stereocenters. The largest absolute Gasteiger partial charge is 0.465 e. The zero-order valence-electron chi connectivity index (χ0n) is 12.4. The Morgan fingerprint density at radius 2 is 2.00 bits per heavy atom. The first kappa shape index (κ1) is 16.5. The van der Waals surface area contributed by atoms with Crippen LogP contribution in [-0.4, -0.2) is 19.1 Å². The molecule has 0 aliphatic rings. The molecule has 0 fully saturated rings. The Morgan fingerprint density at radius 1 is 1.27 bits per heavy atom. The van der Waals surface area contributed by atoms with Crippen LogP contribution in [0.2, 0.25) is 0 Å². The number of nitrogens with two attached hydrogens (primary N) is 1. The number of nitrogen functional groups attached to an aromatic ring is 1. The van der Waals surface area contributed by atoms with E-state index in [4.69, 9.17) is 10.5 Å². The SMILES string of the molecule is CCOC(=O)CNC(c1ccccc1)c1cc(Br)ccc1N. The summed E-state index contributed by atoms with van der Waals surface area (Å²) in [6, 6.07) is 15.4. The van der Waals surface area contributed by atoms with Crippen molar-refractivity contribution in [2.75, 3.05) is 18.9 Å². The second kappa shape index (κ2) is 7.96. The summed E-state index contributed by atoms with van der Waals surface area (Å²) in [5.74, 6) is -0.281. The van der Waals surface area contributed by atoms with Crippen molar-refractivity contribution >= 4 is 27.6 Å². The van der Waals surface area contributed by atoms with Crippen LogP contribution in [0.5, 0.6) is 0 Å². The lowest BCUT2D eigenvalue weighted by molar-refractivity contribution is -0.142. The van der Waals surface area contributed by atoms with Crippen molar-refractivity contribution in [3.8, 4) is 0 Å². The first-order valence-electron chi connectivity index (χ1n) is 7.10. The van der Waals surface area contributed by atoms with E-state index < -0.39 is 0 Å². The van der Waals surface area contributed by atoms with Gasteiger partial charge in [-0.3, -0.25) is 10.1 Å². The minimum atomic E-state index is -0.281. The van der Waals surface area contributed by atoms with Crippen molar-refractivity contribution in [3.63, 3.8) is 0 Å². The van der Waals surface area contributed by atoms with E-state index in [0.29, 0.717) is 12.3 Å². The van der Waals surface area contributed by atoms with Gasteiger partial charge in [-0.2, -0.15) is 0 Å². The molecule has 0 aliphatic heterocycles. The van der Waals surface area contributed by atoms with Crippen LogP contribution in [0.1, 0.15) is 24.1 Å². The molecule has 5 heteroatoms. The van der Waals surface area contributed by atoms with Gasteiger partial charge in [-0.25, -0.2) is 0 Å². The highest BCUT2D eigenvalue weighted by Gasteiger charge is 2.18. The maximum Gasteiger partial charge on any atom is 0.319 e. The number of carbonyl (C=O) groups excluding carboxylic acids is 1. The lowest BCUT2D eigenvalue weighted by Crippen LogP contribution is -2.30. The van der Waals surface area contributed by atoms with Crippen LogP contribution in [-0.2, 0) is 9.53 Å². The molecular weight excluding hydrogens is 344 g/mol. The molecule has 116 valence electrons. The summed E-state index contributed by atoms with van der Waals surface area (Å²) < 4.78 is 5.92. The number of halogens is 1. The molecule has 0 spiro atoms. The van der Waals surface area contributed by atoms with E-state index in [1.54, 1.807) is 6.92 Å². The van der Waals surface area contributed by atoms with Gasteiger partial charge < -0.3 is 10.5 Å². The number of ether oxygens (including phenoxy) is 1. The van der Waals surface area contributed by atoms with Crippen molar-refractivity contribution in [3.05, 3.63) is 64.1 Å². The third-order valence-electron chi connectivity index (χ3n) is 3.25. The fraction of sp³-hybridized carbons (Fsp3) is 0.235. The lowest BCUT2D eigenvalue weighted by Gasteiger charge is -2.21. The standard InChI is InChI=1S/C17H19BrN2O2/c1-2-22-16(21)11-20-17(12-6-4-3-5-7-12)14-10-13(18)8-9-15(14)19/h3-10,17,20H,2,11,19H2,1H3. The van der Waals surface area contributed by atoms with E-state index in [2.05, 4.69) is 21.2 Å². The maximum absolute atomic E-state index is 11.6. The molecule has 2 aromatic rings. The zero-order valence-corrected chi connectivity index (χ0v) is 14.0. The molecule has 0 bridgehead atoms. The first-order valence-corrected chi connectivity index (χ1v) is 7.90. The van der Waals surface area contributed by atoms with Crippen molar-refractivity contribution in [2.24, 2.45) is 0 Å². The second-order valence-electron chi connectivity index (χ2n) is 4.80. The number of hydrogen-bond donors (Lipinski definition) is 2. The molecule has 22 heavy (non-hydrogen) atoms. The Hall–Kier alpha value is -1.85. The Labute approximate surface area is 138 Å². The summed E-state index contributed by atoms with van der Waals surface area (Å²) in [6.45, 7) is 2.29. The number of hydrogen-bond acceptors (Lipinski definition) is 4. The molecule has 0 heterocycles. The average Bonchev–Trinajstić information content (AvgIpc) is 2.52. The van der Waals surface area contributed by atoms with E-state index in [0.717, 1.165) is 15.6 Å². The van der Waals surface area contributed by atoms with Crippen LogP contribution in [0.3, 0.4) is 0 Å². The van der Waals surface area contributed by atoms with E-state index >= 15 is 0 Å². The predicted molar refractivity (Wildman–Crippen MR) is 91.5 cm³/mol. The highest BCUT2D eigenvalue weighted by molar-refractivity contribution is 9.10. The predicted octanol–water partition coefficient (Wildman–Crippen LogP) is 3.27. The molecule has 3 N–H and O–H groups in total. The summed E-state index contributed by atoms with van der Waals surface area (Å²) >= 11 is 3.47. The van der Waals surface area contributed by atoms with Crippen LogP contribution in [0, 0.1) is 0 Å². The fourth-order valence-electron chi connectivity index (χ4n) is 2.25. The molecule has 2 rings (SSSR count). The molecule has 2 aromatic carbocycles. The lowest BCUT2D eigenvalue weighted by atomic mass is 9.97. The average molecular weight is 363 g/mol. The van der Waals surface area contributed by atoms with Crippen molar-refractivity contribution in [1.29, 1.82) is 0 Å². The zero-order chi connectivity index (χ0) is 15.9. The summed E-state index contributed by atoms with van der Waals surface area (Å²) in [5, 5.41) is 3.23. The monoisotopic (exact) mass is 362 g/mol. The Bertz CT molecular complexity index is 632. The fourth-order valence-corrected chi connectivity index (χ4v) is 2.62. The number of esters is 1. The van der Waals surface area contributed by atoms with Gasteiger partial charge in [-0.1, -0.05) is 46.3 Å². The van der Waals surface area contributed by atoms with Crippen molar-refractivity contribution in [2.45, 2.75) is 13.0 Å². The van der Waals surface area contributed by atoms with Crippen LogP contribution >= 0.6 is 15.9 Å². The molecule has 0 saturated carbocycles. The van der Waals surface area contributed by atoms with E-state index in [1.165, 1.54) is 0 Å². The summed E-state index contributed by atoms with van der Waals surface area (Å²) in [7, 11) is 0. The number of carbonyl (C=O) groups is 1. The van der Waals surface area contributed by atoms with Gasteiger partial charge in [0.05, 0.1) is 19.2 Å². The van der Waals surface area contributed by atoms with E-state index in [1.807, 2.05) is 48.5 Å². The van der Waals surface area contributed by atoms with E-state index in [-0.39, 0.29) is 18.6 Å². The second-order valence-corrected chi connectivity index (χ2v) is 5.72. The van der Waals surface area contributed by atoms with Gasteiger partial charge in [0, 0.05) is 10.2 Å². The van der Waals surface area contributed by atoms with Crippen LogP contribution in [0.25, 0.3) is 0 Å². The minimum Gasteiger partial charge on any atom is -0.465 e. The quantitative estimate of drug-likeness (QED) is 0.611. The molecule has 0 aliphatic carbocycles. The Morgan fingerprint density at radius 3 is 2.68 bits per heavy atom. The molecule has 0 aromatic heterocycles. The van der Waals surface area contributed by atoms with Gasteiger partial charge >= 0.3 is 5.97 Å². The number of anilines is 1. The van der Waals surface area contributed by atoms with Gasteiger partial charge in [0.25, 0.3) is 0 Å². The molecule has 4 nitrogen and oxygen atoms in total. The van der Waals surface area contributed by atoms with Gasteiger partial charge in [0.1, 0.15) is 0 Å². The summed E-state index contributed by atoms with van der Waals surface area (Å²) in [4.78, 5) is 11.6. The molecule has 0 radical (unpaired) electrons. The van der Waals surface area contributed by atoms with E-state index in [9.17, 15) is 4.79 Å². The van der Waals surface area contributed by atoms with Crippen LogP contribution < -0.4 is 11.1 Å². The number of benzene rings is 2. The van der Waals surface area contributed by atoms with Crippen LogP contribution in [0.15, 0.2) is 53.0 Å². The third kappa shape index (κ3) is 4.32. The highest BCUT2D eigenvalue weighted by atomic mass is 79.9. The minimum absolute atomic E-state index is 0.124. The molecule has 0 saturated heterocycles. The number of nitrogens with one attached hydrogen (secondary N) is 1. The van der Waals surface area contributed by atoms with Crippen molar-refractivity contribution < 1.29 is 9.53 Å². The third-order valence-corrected chi connectivity index (χ3v) is 3.74. The van der Waals surface area contributed by atoms with Gasteiger partial charge in [-0.15, -0.1) is 0 Å². The normalized spacial score (nSPS) is 11.9. The highest BCUT2D eigenvalue weighted by Crippen LogP contribution is 2.29. The topological polar surface area (TPSA) is 64.3 Å². The van der Waals surface area contributed by atoms with Crippen molar-refractivity contribution in [1.82, 2.24) is 5.32 Å².